The number of hydrogen-bond donors (Lipinski definition) is 2. The van der Waals surface area contributed by atoms with E-state index < -0.39 is 0 Å². The van der Waals surface area contributed by atoms with Gasteiger partial charge in [0, 0.05) is 38.6 Å². The highest BCUT2D eigenvalue weighted by atomic mass is 16.5. The van der Waals surface area contributed by atoms with Crippen LogP contribution in [0.3, 0.4) is 0 Å². The van der Waals surface area contributed by atoms with Crippen molar-refractivity contribution in [1.82, 2.24) is 15.1 Å². The summed E-state index contributed by atoms with van der Waals surface area (Å²) in [5.74, 6) is 0.466. The van der Waals surface area contributed by atoms with E-state index >= 15 is 0 Å². The number of aromatic nitrogens is 2. The van der Waals surface area contributed by atoms with Crippen LogP contribution in [0.15, 0.2) is 41.7 Å². The second kappa shape index (κ2) is 8.95. The van der Waals surface area contributed by atoms with Crippen LogP contribution in [0.1, 0.15) is 18.9 Å². The molecule has 0 radical (unpaired) electrons. The molecule has 0 atom stereocenters. The molecule has 0 aliphatic carbocycles. The van der Waals surface area contributed by atoms with Crippen LogP contribution in [-0.4, -0.2) is 35.5 Å². The molecule has 0 saturated carbocycles. The largest absolute Gasteiger partial charge is 0.382 e. The summed E-state index contributed by atoms with van der Waals surface area (Å²) in [5.41, 5.74) is 9.22. The van der Waals surface area contributed by atoms with Crippen LogP contribution in [0.4, 0.5) is 0 Å². The van der Waals surface area contributed by atoms with E-state index in [0.717, 1.165) is 42.9 Å². The number of aliphatic imine (C=N–C) groups is 1. The lowest BCUT2D eigenvalue weighted by Crippen LogP contribution is -2.32. The SMILES string of the molecule is CCOCCCNC(N)=NCc1cccc(-c2cnn(C)c2)c1. The Morgan fingerprint density at radius 1 is 1.39 bits per heavy atom. The van der Waals surface area contributed by atoms with Crippen molar-refractivity contribution in [3.63, 3.8) is 0 Å². The number of rotatable bonds is 8. The lowest BCUT2D eigenvalue weighted by molar-refractivity contribution is 0.145. The molecule has 0 aliphatic rings. The second-order valence-electron chi connectivity index (χ2n) is 5.28. The zero-order valence-corrected chi connectivity index (χ0v) is 13.8. The van der Waals surface area contributed by atoms with Crippen LogP contribution >= 0.6 is 0 Å². The second-order valence-corrected chi connectivity index (χ2v) is 5.28. The average Bonchev–Trinajstić information content (AvgIpc) is 2.99. The maximum absolute atomic E-state index is 5.87. The molecule has 23 heavy (non-hydrogen) atoms. The third-order valence-corrected chi connectivity index (χ3v) is 3.37. The molecule has 0 fully saturated rings. The lowest BCUT2D eigenvalue weighted by atomic mass is 10.1. The first-order valence-electron chi connectivity index (χ1n) is 7.88. The summed E-state index contributed by atoms with van der Waals surface area (Å²) in [5, 5.41) is 7.30. The van der Waals surface area contributed by atoms with Crippen molar-refractivity contribution in [2.45, 2.75) is 19.9 Å². The fourth-order valence-corrected chi connectivity index (χ4v) is 2.19. The number of nitrogens with two attached hydrogens (primary N) is 1. The molecule has 3 N–H and O–H groups in total. The van der Waals surface area contributed by atoms with Crippen LogP contribution in [0.5, 0.6) is 0 Å². The predicted molar refractivity (Wildman–Crippen MR) is 93.1 cm³/mol. The zero-order valence-electron chi connectivity index (χ0n) is 13.8. The number of guanidine groups is 1. The molecule has 0 saturated heterocycles. The third-order valence-electron chi connectivity index (χ3n) is 3.37. The topological polar surface area (TPSA) is 77.5 Å². The van der Waals surface area contributed by atoms with Crippen molar-refractivity contribution in [3.05, 3.63) is 42.2 Å². The van der Waals surface area contributed by atoms with Crippen molar-refractivity contribution in [2.75, 3.05) is 19.8 Å². The summed E-state index contributed by atoms with van der Waals surface area (Å²) in [6.07, 6.45) is 4.77. The molecule has 0 bridgehead atoms. The fraction of sp³-hybridized carbons (Fsp3) is 0.412. The van der Waals surface area contributed by atoms with Gasteiger partial charge in [0.1, 0.15) is 0 Å². The predicted octanol–water partition coefficient (Wildman–Crippen LogP) is 1.92. The first kappa shape index (κ1) is 17.0. The van der Waals surface area contributed by atoms with E-state index in [4.69, 9.17) is 10.5 Å². The van der Waals surface area contributed by atoms with E-state index in [1.54, 1.807) is 4.68 Å². The van der Waals surface area contributed by atoms with Gasteiger partial charge in [0.15, 0.2) is 5.96 Å². The molecule has 1 aromatic heterocycles. The van der Waals surface area contributed by atoms with Crippen molar-refractivity contribution in [2.24, 2.45) is 17.8 Å². The zero-order chi connectivity index (χ0) is 16.5. The summed E-state index contributed by atoms with van der Waals surface area (Å²) in [6, 6.07) is 8.26. The Morgan fingerprint density at radius 3 is 3.00 bits per heavy atom. The molecular weight excluding hydrogens is 290 g/mol. The van der Waals surface area contributed by atoms with Gasteiger partial charge < -0.3 is 15.8 Å². The molecule has 0 amide bonds. The highest BCUT2D eigenvalue weighted by molar-refractivity contribution is 5.77. The number of hydrogen-bond acceptors (Lipinski definition) is 3. The molecule has 124 valence electrons. The number of aryl methyl sites for hydroxylation is 1. The van der Waals surface area contributed by atoms with Crippen molar-refractivity contribution < 1.29 is 4.74 Å². The van der Waals surface area contributed by atoms with E-state index in [2.05, 4.69) is 27.5 Å². The maximum Gasteiger partial charge on any atom is 0.188 e. The molecule has 6 nitrogen and oxygen atoms in total. The number of nitrogens with one attached hydrogen (secondary N) is 1. The summed E-state index contributed by atoms with van der Waals surface area (Å²) >= 11 is 0. The molecule has 1 heterocycles. The summed E-state index contributed by atoms with van der Waals surface area (Å²) in [7, 11) is 1.91. The minimum atomic E-state index is 0.466. The molecule has 6 heteroatoms. The number of nitrogens with zero attached hydrogens (tertiary/aromatic N) is 3. The van der Waals surface area contributed by atoms with Gasteiger partial charge in [-0.1, -0.05) is 18.2 Å². The molecule has 0 spiro atoms. The summed E-state index contributed by atoms with van der Waals surface area (Å²) in [4.78, 5) is 4.37. The van der Waals surface area contributed by atoms with Crippen molar-refractivity contribution in [1.29, 1.82) is 0 Å². The molecule has 1 aromatic carbocycles. The van der Waals surface area contributed by atoms with Gasteiger partial charge >= 0.3 is 0 Å². The Kier molecular flexibility index (Phi) is 6.62. The Balaban J connectivity index is 1.86. The van der Waals surface area contributed by atoms with E-state index in [0.29, 0.717) is 12.5 Å². The maximum atomic E-state index is 5.87. The Morgan fingerprint density at radius 2 is 2.26 bits per heavy atom. The monoisotopic (exact) mass is 315 g/mol. The summed E-state index contributed by atoms with van der Waals surface area (Å²) in [6.45, 7) is 4.80. The molecule has 0 unspecified atom stereocenters. The van der Waals surface area contributed by atoms with E-state index in [9.17, 15) is 0 Å². The van der Waals surface area contributed by atoms with Crippen LogP contribution in [0.25, 0.3) is 11.1 Å². The van der Waals surface area contributed by atoms with E-state index in [1.165, 1.54) is 0 Å². The van der Waals surface area contributed by atoms with E-state index in [-0.39, 0.29) is 0 Å². The van der Waals surface area contributed by atoms with Crippen LogP contribution < -0.4 is 11.1 Å². The quantitative estimate of drug-likeness (QED) is 0.443. The van der Waals surface area contributed by atoms with Crippen LogP contribution in [0.2, 0.25) is 0 Å². The minimum Gasteiger partial charge on any atom is -0.382 e. The summed E-state index contributed by atoms with van der Waals surface area (Å²) < 4.78 is 7.07. The first-order chi connectivity index (χ1) is 11.2. The lowest BCUT2D eigenvalue weighted by Gasteiger charge is -2.06. The van der Waals surface area contributed by atoms with Crippen molar-refractivity contribution in [3.8, 4) is 11.1 Å². The van der Waals surface area contributed by atoms with E-state index in [1.807, 2.05) is 38.5 Å². The molecule has 2 aromatic rings. The van der Waals surface area contributed by atoms with Gasteiger partial charge in [-0.05, 0) is 30.5 Å². The number of benzene rings is 1. The highest BCUT2D eigenvalue weighted by Gasteiger charge is 2.01. The van der Waals surface area contributed by atoms with Gasteiger partial charge in [0.05, 0.1) is 12.7 Å². The van der Waals surface area contributed by atoms with Gasteiger partial charge in [0.25, 0.3) is 0 Å². The Hall–Kier alpha value is -2.34. The highest BCUT2D eigenvalue weighted by Crippen LogP contribution is 2.19. The van der Waals surface area contributed by atoms with Crippen LogP contribution in [0, 0.1) is 0 Å². The molecular formula is C17H25N5O. The first-order valence-corrected chi connectivity index (χ1v) is 7.88. The minimum absolute atomic E-state index is 0.466. The Bertz CT molecular complexity index is 635. The van der Waals surface area contributed by atoms with Gasteiger partial charge in [-0.3, -0.25) is 4.68 Å². The average molecular weight is 315 g/mol. The van der Waals surface area contributed by atoms with Gasteiger partial charge in [-0.25, -0.2) is 4.99 Å². The standard InChI is InChI=1S/C17H25N5O/c1-3-23-9-5-8-19-17(18)20-11-14-6-4-7-15(10-14)16-12-21-22(2)13-16/h4,6-7,10,12-13H,3,5,8-9,11H2,1-2H3,(H3,18,19,20). The normalized spacial score (nSPS) is 11.7. The van der Waals surface area contributed by atoms with Crippen LogP contribution in [-0.2, 0) is 18.3 Å². The van der Waals surface area contributed by atoms with Gasteiger partial charge in [0.2, 0.25) is 0 Å². The molecule has 0 aliphatic heterocycles. The van der Waals surface area contributed by atoms with Gasteiger partial charge in [-0.2, -0.15) is 5.10 Å². The van der Waals surface area contributed by atoms with Gasteiger partial charge in [-0.15, -0.1) is 0 Å². The van der Waals surface area contributed by atoms with Crippen molar-refractivity contribution >= 4 is 5.96 Å². The molecule has 2 rings (SSSR count). The number of ether oxygens (including phenoxy) is 1. The smallest absolute Gasteiger partial charge is 0.188 e. The Labute approximate surface area is 137 Å². The third kappa shape index (κ3) is 5.75. The fourth-order valence-electron chi connectivity index (χ4n) is 2.19.